The molecule has 4 rings (SSSR count). The van der Waals surface area contributed by atoms with Crippen LogP contribution in [-0.4, -0.2) is 72.4 Å². The zero-order chi connectivity index (χ0) is 20.6. The topological polar surface area (TPSA) is 108 Å². The van der Waals surface area contributed by atoms with Crippen LogP contribution >= 0.6 is 0 Å². The van der Waals surface area contributed by atoms with Crippen molar-refractivity contribution in [1.29, 1.82) is 0 Å². The van der Waals surface area contributed by atoms with Crippen molar-refractivity contribution < 1.29 is 17.7 Å². The molecule has 10 heteroatoms. The molecule has 162 valence electrons. The SMILES string of the molecule is CC[C@H]1CN(S(=O)(=O)N2CC[C@H](NC(=O)c3cc(C4CC4)on3)C[C@@H]2C)CCN1. The van der Waals surface area contributed by atoms with E-state index in [0.29, 0.717) is 50.6 Å². The maximum atomic E-state index is 13.1. The lowest BCUT2D eigenvalue weighted by Gasteiger charge is -2.41. The fraction of sp³-hybridized carbons (Fsp3) is 0.789. The zero-order valence-electron chi connectivity index (χ0n) is 17.1. The van der Waals surface area contributed by atoms with Crippen molar-refractivity contribution in [2.45, 2.75) is 70.0 Å². The maximum Gasteiger partial charge on any atom is 0.282 e. The van der Waals surface area contributed by atoms with Gasteiger partial charge < -0.3 is 15.2 Å². The van der Waals surface area contributed by atoms with Crippen LogP contribution in [0.3, 0.4) is 0 Å². The molecule has 1 aromatic heterocycles. The van der Waals surface area contributed by atoms with Gasteiger partial charge in [-0.05, 0) is 39.0 Å². The molecular weight excluding hydrogens is 394 g/mol. The van der Waals surface area contributed by atoms with E-state index in [2.05, 4.69) is 22.7 Å². The number of nitrogens with zero attached hydrogens (tertiary/aromatic N) is 3. The number of aromatic nitrogens is 1. The molecule has 0 spiro atoms. The van der Waals surface area contributed by atoms with E-state index in [1.54, 1.807) is 14.7 Å². The highest BCUT2D eigenvalue weighted by atomic mass is 32.2. The molecule has 3 fully saturated rings. The normalized spacial score (nSPS) is 29.7. The van der Waals surface area contributed by atoms with E-state index in [4.69, 9.17) is 4.52 Å². The summed E-state index contributed by atoms with van der Waals surface area (Å²) in [6, 6.07) is 1.68. The minimum Gasteiger partial charge on any atom is -0.360 e. The summed E-state index contributed by atoms with van der Waals surface area (Å²) < 4.78 is 34.7. The largest absolute Gasteiger partial charge is 0.360 e. The predicted octanol–water partition coefficient (Wildman–Crippen LogP) is 1.06. The molecule has 0 radical (unpaired) electrons. The van der Waals surface area contributed by atoms with Crippen molar-refractivity contribution in [1.82, 2.24) is 24.4 Å². The molecule has 0 unspecified atom stereocenters. The number of piperazine rings is 1. The fourth-order valence-electron chi connectivity index (χ4n) is 4.27. The van der Waals surface area contributed by atoms with Gasteiger partial charge in [0, 0.05) is 56.3 Å². The van der Waals surface area contributed by atoms with Crippen LogP contribution in [0.25, 0.3) is 0 Å². The smallest absolute Gasteiger partial charge is 0.282 e. The highest BCUT2D eigenvalue weighted by Crippen LogP contribution is 2.40. The van der Waals surface area contributed by atoms with Gasteiger partial charge in [0.05, 0.1) is 0 Å². The van der Waals surface area contributed by atoms with Crippen molar-refractivity contribution in [2.75, 3.05) is 26.2 Å². The van der Waals surface area contributed by atoms with E-state index in [-0.39, 0.29) is 24.0 Å². The van der Waals surface area contributed by atoms with Gasteiger partial charge in [0.25, 0.3) is 16.1 Å². The third-order valence-corrected chi connectivity index (χ3v) is 8.34. The van der Waals surface area contributed by atoms with E-state index in [1.165, 1.54) is 0 Å². The standard InChI is InChI=1S/C19H31N5O4S/c1-3-15-12-23(9-7-20-15)29(26,27)24-8-6-16(10-13(24)2)21-19(25)17-11-18(28-22-17)14-4-5-14/h11,13-16,20H,3-10,12H2,1-2H3,(H,21,25)/t13-,15-,16-/m0/s1. The van der Waals surface area contributed by atoms with Crippen LogP contribution in [0.15, 0.2) is 10.6 Å². The van der Waals surface area contributed by atoms with E-state index in [9.17, 15) is 13.2 Å². The molecule has 1 aliphatic carbocycles. The van der Waals surface area contributed by atoms with Gasteiger partial charge in [0.2, 0.25) is 0 Å². The number of hydrogen-bond acceptors (Lipinski definition) is 6. The molecule has 2 aliphatic heterocycles. The van der Waals surface area contributed by atoms with Crippen molar-refractivity contribution in [3.63, 3.8) is 0 Å². The van der Waals surface area contributed by atoms with Gasteiger partial charge in [-0.2, -0.15) is 17.0 Å². The summed E-state index contributed by atoms with van der Waals surface area (Å²) in [6.07, 6.45) is 4.26. The maximum absolute atomic E-state index is 13.1. The quantitative estimate of drug-likeness (QED) is 0.706. The van der Waals surface area contributed by atoms with Gasteiger partial charge >= 0.3 is 0 Å². The minimum absolute atomic E-state index is 0.0727. The monoisotopic (exact) mass is 425 g/mol. The summed E-state index contributed by atoms with van der Waals surface area (Å²) in [6.45, 7) is 6.07. The van der Waals surface area contributed by atoms with Crippen LogP contribution in [0, 0.1) is 0 Å². The first-order chi connectivity index (χ1) is 13.9. The average Bonchev–Trinajstić information content (AvgIpc) is 3.44. The summed E-state index contributed by atoms with van der Waals surface area (Å²) in [7, 11) is -3.49. The Morgan fingerprint density at radius 3 is 2.83 bits per heavy atom. The summed E-state index contributed by atoms with van der Waals surface area (Å²) >= 11 is 0. The van der Waals surface area contributed by atoms with Gasteiger partial charge in [-0.25, -0.2) is 0 Å². The predicted molar refractivity (Wildman–Crippen MR) is 108 cm³/mol. The zero-order valence-corrected chi connectivity index (χ0v) is 18.0. The van der Waals surface area contributed by atoms with E-state index in [0.717, 1.165) is 25.0 Å². The van der Waals surface area contributed by atoms with Crippen molar-refractivity contribution in [2.24, 2.45) is 0 Å². The third kappa shape index (κ3) is 4.50. The molecule has 2 saturated heterocycles. The van der Waals surface area contributed by atoms with Crippen LogP contribution in [0.4, 0.5) is 0 Å². The fourth-order valence-corrected chi connectivity index (χ4v) is 6.13. The second kappa shape index (κ2) is 8.33. The van der Waals surface area contributed by atoms with Crippen molar-refractivity contribution in [3.8, 4) is 0 Å². The first-order valence-electron chi connectivity index (χ1n) is 10.7. The van der Waals surface area contributed by atoms with Gasteiger partial charge in [-0.3, -0.25) is 4.79 Å². The lowest BCUT2D eigenvalue weighted by atomic mass is 10.0. The molecule has 1 aromatic rings. The molecule has 0 bridgehead atoms. The molecule has 29 heavy (non-hydrogen) atoms. The molecule has 9 nitrogen and oxygen atoms in total. The van der Waals surface area contributed by atoms with Crippen LogP contribution in [-0.2, 0) is 10.2 Å². The Balaban J connectivity index is 1.34. The first kappa shape index (κ1) is 20.8. The average molecular weight is 426 g/mol. The number of nitrogens with one attached hydrogen (secondary N) is 2. The molecule has 0 aromatic carbocycles. The lowest BCUT2D eigenvalue weighted by molar-refractivity contribution is 0.0903. The highest BCUT2D eigenvalue weighted by Gasteiger charge is 2.39. The van der Waals surface area contributed by atoms with Gasteiger partial charge in [0.15, 0.2) is 5.69 Å². The van der Waals surface area contributed by atoms with Crippen molar-refractivity contribution >= 4 is 16.1 Å². The van der Waals surface area contributed by atoms with Crippen LogP contribution in [0.2, 0.25) is 0 Å². The number of rotatable bonds is 6. The Kier molecular flexibility index (Phi) is 5.97. The van der Waals surface area contributed by atoms with Crippen molar-refractivity contribution in [3.05, 3.63) is 17.5 Å². The van der Waals surface area contributed by atoms with E-state index < -0.39 is 10.2 Å². The Hall–Kier alpha value is -1.49. The van der Waals surface area contributed by atoms with Crippen LogP contribution < -0.4 is 10.6 Å². The number of hydrogen-bond donors (Lipinski definition) is 2. The van der Waals surface area contributed by atoms with Gasteiger partial charge in [-0.1, -0.05) is 12.1 Å². The van der Waals surface area contributed by atoms with E-state index in [1.807, 2.05) is 6.92 Å². The number of amides is 1. The summed E-state index contributed by atoms with van der Waals surface area (Å²) in [5.41, 5.74) is 0.307. The highest BCUT2D eigenvalue weighted by molar-refractivity contribution is 7.86. The van der Waals surface area contributed by atoms with Crippen LogP contribution in [0.5, 0.6) is 0 Å². The second-order valence-corrected chi connectivity index (χ2v) is 10.3. The minimum atomic E-state index is -3.49. The number of carbonyl (C=O) groups excluding carboxylic acids is 1. The molecule has 3 aliphatic rings. The summed E-state index contributed by atoms with van der Waals surface area (Å²) in [5.74, 6) is 0.947. The van der Waals surface area contributed by atoms with Crippen LogP contribution in [0.1, 0.15) is 68.1 Å². The van der Waals surface area contributed by atoms with Gasteiger partial charge in [-0.15, -0.1) is 0 Å². The van der Waals surface area contributed by atoms with E-state index >= 15 is 0 Å². The number of carbonyl (C=O) groups is 1. The Labute approximate surface area is 172 Å². The second-order valence-electron chi connectivity index (χ2n) is 8.47. The molecule has 2 N–H and O–H groups in total. The first-order valence-corrected chi connectivity index (χ1v) is 12.1. The Morgan fingerprint density at radius 2 is 2.14 bits per heavy atom. The molecule has 3 heterocycles. The van der Waals surface area contributed by atoms with Gasteiger partial charge in [0.1, 0.15) is 5.76 Å². The molecular formula is C19H31N5O4S. The molecule has 1 saturated carbocycles. The summed E-state index contributed by atoms with van der Waals surface area (Å²) in [4.78, 5) is 12.5. The third-order valence-electron chi connectivity index (χ3n) is 6.22. The lowest BCUT2D eigenvalue weighted by Crippen LogP contribution is -2.59. The molecule has 1 amide bonds. The Morgan fingerprint density at radius 1 is 1.34 bits per heavy atom. The summed E-state index contributed by atoms with van der Waals surface area (Å²) in [5, 5.41) is 10.2. The number of piperidine rings is 1. The Bertz CT molecular complexity index is 837. The molecule has 3 atom stereocenters.